The molecule has 0 radical (unpaired) electrons. The van der Waals surface area contributed by atoms with Crippen LogP contribution in [0, 0.1) is 5.41 Å². The van der Waals surface area contributed by atoms with Crippen LogP contribution in [0.4, 0.5) is 0 Å². The number of rotatable bonds is 5. The summed E-state index contributed by atoms with van der Waals surface area (Å²) in [6, 6.07) is 3.07. The molecule has 0 spiro atoms. The fourth-order valence-corrected chi connectivity index (χ4v) is 3.87. The van der Waals surface area contributed by atoms with Gasteiger partial charge in [0.15, 0.2) is 0 Å². The molecule has 1 aliphatic carbocycles. The van der Waals surface area contributed by atoms with Gasteiger partial charge in [-0.25, -0.2) is 13.6 Å². The number of nitrogens with two attached hydrogens (primary N) is 1. The molecule has 1 fully saturated rings. The van der Waals surface area contributed by atoms with Crippen molar-refractivity contribution in [2.75, 3.05) is 6.54 Å². The summed E-state index contributed by atoms with van der Waals surface area (Å²) < 4.78 is 22.3. The van der Waals surface area contributed by atoms with E-state index in [1.54, 1.807) is 6.07 Å². The number of sulfonamides is 1. The first-order valence-corrected chi connectivity index (χ1v) is 8.53. The normalized spacial score (nSPS) is 17.8. The number of nitrogens with one attached hydrogen (secondary N) is 1. The molecule has 19 heavy (non-hydrogen) atoms. The molecular formula is C12H18N2O3S2. The van der Waals surface area contributed by atoms with Gasteiger partial charge in [0.2, 0.25) is 15.9 Å². The van der Waals surface area contributed by atoms with E-state index in [9.17, 15) is 13.2 Å². The van der Waals surface area contributed by atoms with Gasteiger partial charge in [-0.3, -0.25) is 4.79 Å². The van der Waals surface area contributed by atoms with Crippen molar-refractivity contribution in [1.29, 1.82) is 0 Å². The molecule has 2 rings (SSSR count). The van der Waals surface area contributed by atoms with Gasteiger partial charge in [0.25, 0.3) is 0 Å². The molecule has 0 atom stereocenters. The van der Waals surface area contributed by atoms with Gasteiger partial charge in [-0.1, -0.05) is 13.3 Å². The molecule has 0 bridgehead atoms. The van der Waals surface area contributed by atoms with Gasteiger partial charge in [0.05, 0.1) is 6.42 Å². The van der Waals surface area contributed by atoms with E-state index in [-0.39, 0.29) is 22.0 Å². The second-order valence-electron chi connectivity index (χ2n) is 5.38. The number of thiophene rings is 1. The molecule has 0 saturated heterocycles. The Hall–Kier alpha value is -0.920. The van der Waals surface area contributed by atoms with Crippen LogP contribution in [-0.2, 0) is 21.2 Å². The van der Waals surface area contributed by atoms with Crippen molar-refractivity contribution in [3.63, 3.8) is 0 Å². The van der Waals surface area contributed by atoms with Crippen molar-refractivity contribution in [2.24, 2.45) is 10.6 Å². The van der Waals surface area contributed by atoms with Crippen LogP contribution in [0.3, 0.4) is 0 Å². The second-order valence-corrected chi connectivity index (χ2v) is 8.34. The van der Waals surface area contributed by atoms with Crippen molar-refractivity contribution < 1.29 is 13.2 Å². The maximum absolute atomic E-state index is 11.8. The van der Waals surface area contributed by atoms with E-state index in [1.165, 1.54) is 12.5 Å². The molecule has 1 heterocycles. The molecule has 0 aliphatic heterocycles. The molecule has 0 unspecified atom stereocenters. The Kier molecular flexibility index (Phi) is 3.98. The predicted octanol–water partition coefficient (Wildman–Crippen LogP) is 1.24. The molecule has 106 valence electrons. The molecule has 1 saturated carbocycles. The maximum atomic E-state index is 11.8. The lowest BCUT2D eigenvalue weighted by Gasteiger charge is -2.38. The largest absolute Gasteiger partial charge is 0.355 e. The highest BCUT2D eigenvalue weighted by Crippen LogP contribution is 2.39. The Morgan fingerprint density at radius 3 is 2.63 bits per heavy atom. The van der Waals surface area contributed by atoms with Gasteiger partial charge in [0.1, 0.15) is 4.21 Å². The summed E-state index contributed by atoms with van der Waals surface area (Å²) in [5.74, 6) is -0.0732. The monoisotopic (exact) mass is 302 g/mol. The van der Waals surface area contributed by atoms with Gasteiger partial charge >= 0.3 is 0 Å². The average Bonchev–Trinajstić information content (AvgIpc) is 2.72. The first-order valence-electron chi connectivity index (χ1n) is 6.17. The van der Waals surface area contributed by atoms with E-state index >= 15 is 0 Å². The highest BCUT2D eigenvalue weighted by atomic mass is 32.2. The van der Waals surface area contributed by atoms with Gasteiger partial charge in [-0.05, 0) is 30.4 Å². The van der Waals surface area contributed by atoms with Crippen LogP contribution in [0.15, 0.2) is 16.3 Å². The molecular weight excluding hydrogens is 284 g/mol. The summed E-state index contributed by atoms with van der Waals surface area (Å²) >= 11 is 1.05. The molecule has 1 aromatic rings. The smallest absolute Gasteiger partial charge is 0.247 e. The number of hydrogen-bond donors (Lipinski definition) is 2. The van der Waals surface area contributed by atoms with E-state index in [0.29, 0.717) is 11.4 Å². The Bertz CT molecular complexity index is 574. The molecule has 1 aliphatic rings. The van der Waals surface area contributed by atoms with Crippen LogP contribution in [0.2, 0.25) is 0 Å². The highest BCUT2D eigenvalue weighted by molar-refractivity contribution is 7.91. The SMILES string of the molecule is CC1(CNC(=O)Cc2ccc(S(N)(=O)=O)s2)CCC1. The van der Waals surface area contributed by atoms with Crippen LogP contribution >= 0.6 is 11.3 Å². The lowest BCUT2D eigenvalue weighted by molar-refractivity contribution is -0.121. The van der Waals surface area contributed by atoms with Crippen LogP contribution in [0.1, 0.15) is 31.1 Å². The lowest BCUT2D eigenvalue weighted by atomic mass is 9.70. The maximum Gasteiger partial charge on any atom is 0.247 e. The molecule has 1 aromatic heterocycles. The Morgan fingerprint density at radius 1 is 1.47 bits per heavy atom. The topological polar surface area (TPSA) is 89.3 Å². The Labute approximate surface area is 117 Å². The van der Waals surface area contributed by atoms with Gasteiger partial charge < -0.3 is 5.32 Å². The second kappa shape index (κ2) is 5.22. The van der Waals surface area contributed by atoms with Crippen molar-refractivity contribution >= 4 is 27.3 Å². The van der Waals surface area contributed by atoms with Gasteiger partial charge in [0, 0.05) is 11.4 Å². The minimum Gasteiger partial charge on any atom is -0.355 e. The van der Waals surface area contributed by atoms with Crippen molar-refractivity contribution in [3.05, 3.63) is 17.0 Å². The third-order valence-corrected chi connectivity index (χ3v) is 6.05. The molecule has 7 heteroatoms. The third kappa shape index (κ3) is 3.77. The summed E-state index contributed by atoms with van der Waals surface area (Å²) in [7, 11) is -3.66. The summed E-state index contributed by atoms with van der Waals surface area (Å²) in [6.07, 6.45) is 3.75. The van der Waals surface area contributed by atoms with E-state index in [0.717, 1.165) is 24.2 Å². The van der Waals surface area contributed by atoms with E-state index in [2.05, 4.69) is 12.2 Å². The first kappa shape index (κ1) is 14.5. The average molecular weight is 302 g/mol. The van der Waals surface area contributed by atoms with Crippen molar-refractivity contribution in [2.45, 2.75) is 36.8 Å². The summed E-state index contributed by atoms with van der Waals surface area (Å²) in [5.41, 5.74) is 0.247. The Balaban J connectivity index is 1.87. The standard InChI is InChI=1S/C12H18N2O3S2/c1-12(5-2-6-12)8-14-10(15)7-9-3-4-11(18-9)19(13,16)17/h3-4H,2,5-8H2,1H3,(H,14,15)(H2,13,16,17). The number of carbonyl (C=O) groups excluding carboxylic acids is 1. The van der Waals surface area contributed by atoms with Crippen LogP contribution in [0.25, 0.3) is 0 Å². The summed E-state index contributed by atoms with van der Waals surface area (Å²) in [6.45, 7) is 2.86. The van der Waals surface area contributed by atoms with Crippen molar-refractivity contribution in [3.8, 4) is 0 Å². The van der Waals surface area contributed by atoms with Gasteiger partial charge in [-0.15, -0.1) is 11.3 Å². The number of amides is 1. The minimum absolute atomic E-state index is 0.0732. The predicted molar refractivity (Wildman–Crippen MR) is 74.4 cm³/mol. The first-order chi connectivity index (χ1) is 8.78. The fraction of sp³-hybridized carbons (Fsp3) is 0.583. The molecule has 1 amide bonds. The molecule has 3 N–H and O–H groups in total. The van der Waals surface area contributed by atoms with Gasteiger partial charge in [-0.2, -0.15) is 0 Å². The summed E-state index contributed by atoms with van der Waals surface area (Å²) in [5, 5.41) is 7.93. The van der Waals surface area contributed by atoms with Crippen molar-refractivity contribution in [1.82, 2.24) is 5.32 Å². The van der Waals surface area contributed by atoms with Crippen LogP contribution < -0.4 is 10.5 Å². The van der Waals surface area contributed by atoms with Crippen LogP contribution in [0.5, 0.6) is 0 Å². The quantitative estimate of drug-likeness (QED) is 0.857. The van der Waals surface area contributed by atoms with E-state index in [1.807, 2.05) is 0 Å². The number of hydrogen-bond acceptors (Lipinski definition) is 4. The minimum atomic E-state index is -3.66. The fourth-order valence-electron chi connectivity index (χ4n) is 2.10. The zero-order valence-electron chi connectivity index (χ0n) is 10.8. The number of primary sulfonamides is 1. The van der Waals surface area contributed by atoms with Crippen LogP contribution in [-0.4, -0.2) is 20.9 Å². The number of carbonyl (C=O) groups is 1. The Morgan fingerprint density at radius 2 is 2.16 bits per heavy atom. The lowest BCUT2D eigenvalue weighted by Crippen LogP contribution is -2.40. The third-order valence-electron chi connectivity index (χ3n) is 3.53. The summed E-state index contributed by atoms with van der Waals surface area (Å²) in [4.78, 5) is 12.5. The van der Waals surface area contributed by atoms with E-state index in [4.69, 9.17) is 5.14 Å². The zero-order chi connectivity index (χ0) is 14.1. The highest BCUT2D eigenvalue weighted by Gasteiger charge is 2.31. The zero-order valence-corrected chi connectivity index (χ0v) is 12.4. The molecule has 0 aromatic carbocycles. The molecule has 5 nitrogen and oxygen atoms in total. The van der Waals surface area contributed by atoms with E-state index < -0.39 is 10.0 Å².